The van der Waals surface area contributed by atoms with Gasteiger partial charge in [-0.3, -0.25) is 4.79 Å². The average Bonchev–Trinajstić information content (AvgIpc) is 2.62. The lowest BCUT2D eigenvalue weighted by molar-refractivity contribution is 0.0918. The lowest BCUT2D eigenvalue weighted by Gasteiger charge is -2.21. The Morgan fingerprint density at radius 1 is 1.50 bits per heavy atom. The third kappa shape index (κ3) is 2.74. The molecule has 2 rings (SSSR count). The topological polar surface area (TPSA) is 38.3 Å². The lowest BCUT2D eigenvalue weighted by Crippen LogP contribution is -2.41. The molecule has 0 unspecified atom stereocenters. The van der Waals surface area contributed by atoms with Gasteiger partial charge in [0.05, 0.1) is 17.2 Å². The minimum absolute atomic E-state index is 0.133. The van der Waals surface area contributed by atoms with E-state index in [4.69, 9.17) is 16.3 Å². The number of carbonyl (C=O) groups is 1. The van der Waals surface area contributed by atoms with Crippen molar-refractivity contribution in [2.45, 2.75) is 32.7 Å². The van der Waals surface area contributed by atoms with Crippen LogP contribution in [0.4, 0.5) is 0 Å². The van der Waals surface area contributed by atoms with Crippen LogP contribution < -0.4 is 10.1 Å². The van der Waals surface area contributed by atoms with Crippen molar-refractivity contribution in [1.29, 1.82) is 0 Å². The number of hydrogen-bond acceptors (Lipinski definition) is 2. The second-order valence-electron chi connectivity index (χ2n) is 5.33. The lowest BCUT2D eigenvalue weighted by atomic mass is 10.0. The van der Waals surface area contributed by atoms with Crippen LogP contribution in [0.2, 0.25) is 5.02 Å². The summed E-state index contributed by atoms with van der Waals surface area (Å²) in [6.45, 7) is 6.47. The molecule has 0 saturated heterocycles. The van der Waals surface area contributed by atoms with Crippen molar-refractivity contribution in [1.82, 2.24) is 5.32 Å². The molecule has 1 amide bonds. The Morgan fingerprint density at radius 3 is 2.78 bits per heavy atom. The molecule has 3 nitrogen and oxygen atoms in total. The Hall–Kier alpha value is -0.490. The minimum Gasteiger partial charge on any atom is -0.493 e. The van der Waals surface area contributed by atoms with Gasteiger partial charge in [0, 0.05) is 21.1 Å². The van der Waals surface area contributed by atoms with E-state index in [1.54, 1.807) is 0 Å². The van der Waals surface area contributed by atoms with Gasteiger partial charge < -0.3 is 10.1 Å². The van der Waals surface area contributed by atoms with E-state index >= 15 is 0 Å². The van der Waals surface area contributed by atoms with Crippen molar-refractivity contribution < 1.29 is 9.53 Å². The molecule has 5 heteroatoms. The van der Waals surface area contributed by atoms with Gasteiger partial charge in [-0.2, -0.15) is 0 Å². The molecule has 0 spiro atoms. The van der Waals surface area contributed by atoms with Crippen molar-refractivity contribution in [2.24, 2.45) is 0 Å². The van der Waals surface area contributed by atoms with Crippen LogP contribution in [0.25, 0.3) is 0 Å². The van der Waals surface area contributed by atoms with Crippen LogP contribution in [-0.4, -0.2) is 18.1 Å². The predicted octanol–water partition coefficient (Wildman–Crippen LogP) is 3.41. The van der Waals surface area contributed by atoms with Crippen molar-refractivity contribution >= 4 is 40.1 Å². The number of hydrogen-bond donors (Lipinski definition) is 1. The van der Waals surface area contributed by atoms with E-state index in [9.17, 15) is 4.79 Å². The summed E-state index contributed by atoms with van der Waals surface area (Å²) in [6, 6.07) is 1.88. The molecule has 1 aliphatic heterocycles. The Kier molecular flexibility index (Phi) is 3.78. The summed E-state index contributed by atoms with van der Waals surface area (Å²) in [5.74, 6) is 0.670. The average molecular weight is 380 g/mol. The molecule has 18 heavy (non-hydrogen) atoms. The summed E-state index contributed by atoms with van der Waals surface area (Å²) >= 11 is 8.46. The van der Waals surface area contributed by atoms with Crippen molar-refractivity contribution in [3.05, 3.63) is 25.8 Å². The second kappa shape index (κ2) is 4.89. The van der Waals surface area contributed by atoms with Crippen molar-refractivity contribution in [3.63, 3.8) is 0 Å². The number of amides is 1. The van der Waals surface area contributed by atoms with E-state index in [-0.39, 0.29) is 11.4 Å². The molecule has 1 aromatic rings. The highest BCUT2D eigenvalue weighted by Gasteiger charge is 2.26. The van der Waals surface area contributed by atoms with Crippen LogP contribution in [0, 0.1) is 3.57 Å². The first-order chi connectivity index (χ1) is 8.29. The maximum atomic E-state index is 12.3. The van der Waals surface area contributed by atoms with Crippen LogP contribution in [0.3, 0.4) is 0 Å². The fraction of sp³-hybridized carbons (Fsp3) is 0.462. The van der Waals surface area contributed by atoms with Gasteiger partial charge in [0.1, 0.15) is 5.75 Å². The zero-order chi connectivity index (χ0) is 13.5. The Bertz CT molecular complexity index is 509. The molecule has 1 heterocycles. The number of fused-ring (bicyclic) bond motifs is 1. The molecular formula is C13H15ClINO2. The number of rotatable bonds is 1. The summed E-state index contributed by atoms with van der Waals surface area (Å²) in [7, 11) is 0. The summed E-state index contributed by atoms with van der Waals surface area (Å²) in [5, 5.41) is 3.46. The third-order valence-electron chi connectivity index (χ3n) is 2.60. The van der Waals surface area contributed by atoms with E-state index in [0.717, 1.165) is 21.3 Å². The maximum Gasteiger partial charge on any atom is 0.254 e. The van der Waals surface area contributed by atoms with E-state index < -0.39 is 0 Å². The molecule has 98 valence electrons. The minimum atomic E-state index is -0.279. The monoisotopic (exact) mass is 379 g/mol. The molecule has 0 bridgehead atoms. The Labute approximate surface area is 125 Å². The number of carbonyl (C=O) groups excluding carboxylic acids is 1. The van der Waals surface area contributed by atoms with Gasteiger partial charge in [0.2, 0.25) is 0 Å². The molecule has 1 N–H and O–H groups in total. The van der Waals surface area contributed by atoms with E-state index in [0.29, 0.717) is 17.2 Å². The molecular weight excluding hydrogens is 365 g/mol. The van der Waals surface area contributed by atoms with Crippen LogP contribution in [0.15, 0.2) is 6.07 Å². The molecule has 0 aliphatic carbocycles. The molecule has 0 saturated carbocycles. The first-order valence-electron chi connectivity index (χ1n) is 5.76. The zero-order valence-corrected chi connectivity index (χ0v) is 13.5. The first kappa shape index (κ1) is 13.9. The SMILES string of the molecule is CC(C)(C)NC(=O)c1c(I)cc2c(c1Cl)CCO2. The molecule has 0 fully saturated rings. The summed E-state index contributed by atoms with van der Waals surface area (Å²) in [6.07, 6.45) is 0.765. The van der Waals surface area contributed by atoms with Gasteiger partial charge in [-0.1, -0.05) is 11.6 Å². The van der Waals surface area contributed by atoms with E-state index in [2.05, 4.69) is 27.9 Å². The maximum absolute atomic E-state index is 12.3. The zero-order valence-electron chi connectivity index (χ0n) is 10.6. The fourth-order valence-corrected chi connectivity index (χ4v) is 3.21. The highest BCUT2D eigenvalue weighted by Crippen LogP contribution is 2.37. The number of benzene rings is 1. The van der Waals surface area contributed by atoms with Crippen LogP contribution in [-0.2, 0) is 6.42 Å². The molecule has 0 radical (unpaired) electrons. The van der Waals surface area contributed by atoms with Gasteiger partial charge in [0.25, 0.3) is 5.91 Å². The van der Waals surface area contributed by atoms with Crippen LogP contribution >= 0.6 is 34.2 Å². The Morgan fingerprint density at radius 2 is 2.17 bits per heavy atom. The van der Waals surface area contributed by atoms with Crippen molar-refractivity contribution in [2.75, 3.05) is 6.61 Å². The van der Waals surface area contributed by atoms with Crippen LogP contribution in [0.1, 0.15) is 36.7 Å². The summed E-state index contributed by atoms with van der Waals surface area (Å²) in [5.41, 5.74) is 1.21. The smallest absolute Gasteiger partial charge is 0.254 e. The summed E-state index contributed by atoms with van der Waals surface area (Å²) < 4.78 is 6.29. The quantitative estimate of drug-likeness (QED) is 0.760. The Balaban J connectivity index is 2.43. The van der Waals surface area contributed by atoms with Gasteiger partial charge in [-0.05, 0) is 49.4 Å². The third-order valence-corrected chi connectivity index (χ3v) is 3.87. The van der Waals surface area contributed by atoms with Gasteiger partial charge in [0.15, 0.2) is 0 Å². The molecule has 1 aliphatic rings. The number of ether oxygens (including phenoxy) is 1. The van der Waals surface area contributed by atoms with Gasteiger partial charge in [-0.25, -0.2) is 0 Å². The molecule has 1 aromatic carbocycles. The van der Waals surface area contributed by atoms with Crippen molar-refractivity contribution in [3.8, 4) is 5.75 Å². The first-order valence-corrected chi connectivity index (χ1v) is 7.21. The van der Waals surface area contributed by atoms with Gasteiger partial charge in [-0.15, -0.1) is 0 Å². The predicted molar refractivity (Wildman–Crippen MR) is 80.6 cm³/mol. The number of nitrogens with one attached hydrogen (secondary N) is 1. The summed E-state index contributed by atoms with van der Waals surface area (Å²) in [4.78, 5) is 12.3. The second-order valence-corrected chi connectivity index (χ2v) is 6.87. The standard InChI is InChI=1S/C13H15ClINO2/c1-13(2,3)16-12(17)10-8(15)6-9-7(11(10)14)4-5-18-9/h6H,4-5H2,1-3H3,(H,16,17). The molecule has 0 atom stereocenters. The largest absolute Gasteiger partial charge is 0.493 e. The van der Waals surface area contributed by atoms with Crippen LogP contribution in [0.5, 0.6) is 5.75 Å². The van der Waals surface area contributed by atoms with E-state index in [1.807, 2.05) is 26.8 Å². The van der Waals surface area contributed by atoms with Gasteiger partial charge >= 0.3 is 0 Å². The highest BCUT2D eigenvalue weighted by molar-refractivity contribution is 14.1. The van der Waals surface area contributed by atoms with E-state index in [1.165, 1.54) is 0 Å². The number of halogens is 2. The molecule has 0 aromatic heterocycles. The highest BCUT2D eigenvalue weighted by atomic mass is 127. The fourth-order valence-electron chi connectivity index (χ4n) is 1.87. The normalized spacial score (nSPS) is 14.1.